The molecule has 169 valence electrons. The molecule has 0 nitrogen and oxygen atoms in total. The molecule has 0 spiro atoms. The van der Waals surface area contributed by atoms with Gasteiger partial charge in [-0.25, -0.2) is 0 Å². The number of alkyl halides is 6. The Balaban J connectivity index is 1.94. The minimum absolute atomic E-state index is 0.0242. The van der Waals surface area contributed by atoms with Gasteiger partial charge in [0.05, 0.1) is 16.5 Å². The summed E-state index contributed by atoms with van der Waals surface area (Å²) in [6.07, 6.45) is -4.67. The summed E-state index contributed by atoms with van der Waals surface area (Å²) in [5.41, 5.74) is 1.62. The van der Waals surface area contributed by atoms with Crippen molar-refractivity contribution in [2.24, 2.45) is 11.3 Å². The summed E-state index contributed by atoms with van der Waals surface area (Å²) in [6, 6.07) is 9.93. The van der Waals surface area contributed by atoms with Gasteiger partial charge in [-0.2, -0.15) is 26.3 Å². The fraction of sp³-hybridized carbons (Fsp3) is 0.385. The lowest BCUT2D eigenvalue weighted by Gasteiger charge is -2.50. The highest BCUT2D eigenvalue weighted by molar-refractivity contribution is 5.77. The van der Waals surface area contributed by atoms with Crippen LogP contribution in [-0.2, 0) is 17.8 Å². The quantitative estimate of drug-likeness (QED) is 0.415. The van der Waals surface area contributed by atoms with E-state index < -0.39 is 28.9 Å². The average Bonchev–Trinajstić information content (AvgIpc) is 3.24. The van der Waals surface area contributed by atoms with Gasteiger partial charge in [-0.15, -0.1) is 0 Å². The largest absolute Gasteiger partial charge is 0.416 e. The lowest BCUT2D eigenvalue weighted by molar-refractivity contribution is -0.138. The van der Waals surface area contributed by atoms with E-state index in [0.29, 0.717) is 11.1 Å². The van der Waals surface area contributed by atoms with Gasteiger partial charge >= 0.3 is 12.4 Å². The SMILES string of the molecule is CCC1[C]=C2C(C(C)(C)C)=C1C2(c1ccc(C(F)(F)F)cc1)c1ccc(C(F)(F)F)cc1. The van der Waals surface area contributed by atoms with Crippen molar-refractivity contribution < 1.29 is 26.3 Å². The average molecular weight is 449 g/mol. The molecule has 32 heavy (non-hydrogen) atoms. The van der Waals surface area contributed by atoms with Crippen LogP contribution >= 0.6 is 0 Å². The van der Waals surface area contributed by atoms with E-state index in [1.807, 2.05) is 6.92 Å². The van der Waals surface area contributed by atoms with E-state index in [1.165, 1.54) is 24.3 Å². The minimum Gasteiger partial charge on any atom is -0.166 e. The van der Waals surface area contributed by atoms with E-state index in [-0.39, 0.29) is 11.3 Å². The van der Waals surface area contributed by atoms with Crippen LogP contribution < -0.4 is 0 Å². The second kappa shape index (κ2) is 7.00. The smallest absolute Gasteiger partial charge is 0.166 e. The van der Waals surface area contributed by atoms with Crippen LogP contribution in [0.25, 0.3) is 0 Å². The van der Waals surface area contributed by atoms with Crippen LogP contribution in [-0.4, -0.2) is 0 Å². The first-order valence-corrected chi connectivity index (χ1v) is 10.5. The zero-order valence-electron chi connectivity index (χ0n) is 18.2. The molecule has 3 aliphatic rings. The summed E-state index contributed by atoms with van der Waals surface area (Å²) in [4.78, 5) is 0. The maximum absolute atomic E-state index is 13.2. The van der Waals surface area contributed by atoms with Crippen molar-refractivity contribution in [3.05, 3.63) is 93.6 Å². The van der Waals surface area contributed by atoms with Crippen LogP contribution in [0.2, 0.25) is 0 Å². The summed E-state index contributed by atoms with van der Waals surface area (Å²) in [7, 11) is 0. The molecular weight excluding hydrogens is 426 g/mol. The highest BCUT2D eigenvalue weighted by Gasteiger charge is 2.60. The molecule has 1 radical (unpaired) electrons. The maximum Gasteiger partial charge on any atom is 0.416 e. The third-order valence-electron chi connectivity index (χ3n) is 6.41. The fourth-order valence-corrected chi connectivity index (χ4v) is 5.11. The minimum atomic E-state index is -4.47. The zero-order chi connectivity index (χ0) is 23.7. The fourth-order valence-electron chi connectivity index (χ4n) is 5.11. The van der Waals surface area contributed by atoms with E-state index in [4.69, 9.17) is 0 Å². The molecule has 3 aliphatic carbocycles. The standard InChI is InChI=1S/C26H23F6/c1-5-15-14-20-22(23(2,3)4)21(15)24(20,16-6-10-18(11-7-16)25(27,28)29)17-8-12-19(13-9-17)26(30,31)32/h6-13,15H,5H2,1-4H3. The first-order chi connectivity index (χ1) is 14.7. The number of rotatable bonds is 3. The Hall–Kier alpha value is -2.50. The first kappa shape index (κ1) is 22.7. The Morgan fingerprint density at radius 2 is 1.16 bits per heavy atom. The van der Waals surface area contributed by atoms with Crippen LogP contribution in [0.15, 0.2) is 65.3 Å². The molecule has 0 fully saturated rings. The molecule has 1 unspecified atom stereocenters. The summed E-state index contributed by atoms with van der Waals surface area (Å²) < 4.78 is 79.0. The van der Waals surface area contributed by atoms with Gasteiger partial charge in [0.25, 0.3) is 0 Å². The predicted octanol–water partition coefficient (Wildman–Crippen LogP) is 8.14. The van der Waals surface area contributed by atoms with Gasteiger partial charge < -0.3 is 0 Å². The Bertz CT molecular complexity index is 1030. The van der Waals surface area contributed by atoms with Gasteiger partial charge in [0.15, 0.2) is 0 Å². The second-order valence-corrected chi connectivity index (χ2v) is 9.42. The van der Waals surface area contributed by atoms with Gasteiger partial charge in [0, 0.05) is 5.92 Å². The molecule has 0 saturated carbocycles. The number of fused-ring (bicyclic) bond motifs is 1. The molecule has 2 aromatic rings. The molecule has 5 rings (SSSR count). The number of halogens is 6. The lowest BCUT2D eigenvalue weighted by atomic mass is 9.51. The van der Waals surface area contributed by atoms with Crippen molar-refractivity contribution in [3.63, 3.8) is 0 Å². The topological polar surface area (TPSA) is 0 Å². The Kier molecular flexibility index (Phi) is 4.96. The number of benzene rings is 2. The number of allylic oxidation sites excluding steroid dienone is 4. The van der Waals surface area contributed by atoms with Crippen molar-refractivity contribution in [2.75, 3.05) is 0 Å². The van der Waals surface area contributed by atoms with Gasteiger partial charge in [-0.3, -0.25) is 0 Å². The van der Waals surface area contributed by atoms with E-state index in [0.717, 1.165) is 47.4 Å². The molecular formula is C26H23F6. The molecule has 0 heterocycles. The van der Waals surface area contributed by atoms with Crippen molar-refractivity contribution in [2.45, 2.75) is 51.9 Å². The molecule has 0 saturated heterocycles. The third-order valence-corrected chi connectivity index (χ3v) is 6.41. The molecule has 0 amide bonds. The lowest BCUT2D eigenvalue weighted by Crippen LogP contribution is -2.43. The highest BCUT2D eigenvalue weighted by Crippen LogP contribution is 2.68. The van der Waals surface area contributed by atoms with E-state index in [9.17, 15) is 26.3 Å². The van der Waals surface area contributed by atoms with Crippen LogP contribution in [0.3, 0.4) is 0 Å². The normalized spacial score (nSPS) is 20.3. The number of hydrogen-bond acceptors (Lipinski definition) is 0. The maximum atomic E-state index is 13.2. The molecule has 2 aromatic carbocycles. The first-order valence-electron chi connectivity index (χ1n) is 10.5. The summed E-state index contributed by atoms with van der Waals surface area (Å²) in [6.45, 7) is 8.19. The van der Waals surface area contributed by atoms with Crippen molar-refractivity contribution in [1.82, 2.24) is 0 Å². The van der Waals surface area contributed by atoms with Gasteiger partial charge in [0.1, 0.15) is 0 Å². The Labute approximate surface area is 183 Å². The van der Waals surface area contributed by atoms with Gasteiger partial charge in [0.2, 0.25) is 0 Å². The third kappa shape index (κ3) is 3.22. The van der Waals surface area contributed by atoms with Crippen molar-refractivity contribution in [3.8, 4) is 0 Å². The van der Waals surface area contributed by atoms with E-state index in [2.05, 4.69) is 26.8 Å². The molecule has 6 heteroatoms. The van der Waals surface area contributed by atoms with Crippen LogP contribution in [0.1, 0.15) is 56.4 Å². The molecule has 0 N–H and O–H groups in total. The van der Waals surface area contributed by atoms with Gasteiger partial charge in [-0.1, -0.05) is 52.0 Å². The van der Waals surface area contributed by atoms with Crippen LogP contribution in [0.5, 0.6) is 0 Å². The summed E-state index contributed by atoms with van der Waals surface area (Å²) in [5.74, 6) is -0.0242. The zero-order valence-corrected chi connectivity index (χ0v) is 18.2. The van der Waals surface area contributed by atoms with Crippen molar-refractivity contribution >= 4 is 0 Å². The van der Waals surface area contributed by atoms with Crippen LogP contribution in [0, 0.1) is 17.4 Å². The van der Waals surface area contributed by atoms with Crippen molar-refractivity contribution in [1.29, 1.82) is 0 Å². The monoisotopic (exact) mass is 449 g/mol. The van der Waals surface area contributed by atoms with Gasteiger partial charge in [-0.05, 0) is 70.0 Å². The number of hydrogen-bond donors (Lipinski definition) is 0. The summed E-state index contributed by atoms with van der Waals surface area (Å²) >= 11 is 0. The molecule has 1 atom stereocenters. The Morgan fingerprint density at radius 3 is 1.44 bits per heavy atom. The predicted molar refractivity (Wildman–Crippen MR) is 111 cm³/mol. The van der Waals surface area contributed by atoms with E-state index in [1.54, 1.807) is 0 Å². The van der Waals surface area contributed by atoms with Crippen LogP contribution in [0.4, 0.5) is 26.3 Å². The Morgan fingerprint density at radius 1 is 0.750 bits per heavy atom. The summed E-state index contributed by atoms with van der Waals surface area (Å²) in [5, 5.41) is 0. The molecule has 2 bridgehead atoms. The highest BCUT2D eigenvalue weighted by atomic mass is 19.4. The molecule has 0 aliphatic heterocycles. The van der Waals surface area contributed by atoms with E-state index >= 15 is 0 Å². The molecule has 0 aromatic heterocycles. The second-order valence-electron chi connectivity index (χ2n) is 9.42.